The minimum atomic E-state index is -3.35. The minimum Gasteiger partial charge on any atom is -0.372 e. The summed E-state index contributed by atoms with van der Waals surface area (Å²) in [5.41, 5.74) is 2.04. The largest absolute Gasteiger partial charge is 0.372 e. The zero-order valence-corrected chi connectivity index (χ0v) is 18.7. The Bertz CT molecular complexity index is 786. The Morgan fingerprint density at radius 2 is 1.55 bits per heavy atom. The highest BCUT2D eigenvalue weighted by atomic mass is 32.2. The lowest BCUT2D eigenvalue weighted by molar-refractivity contribution is -0.120. The van der Waals surface area contributed by atoms with Gasteiger partial charge < -0.3 is 10.2 Å². The van der Waals surface area contributed by atoms with Gasteiger partial charge in [0.2, 0.25) is 15.9 Å². The summed E-state index contributed by atoms with van der Waals surface area (Å²) in [6, 6.07) is 8.04. The number of amides is 1. The van der Waals surface area contributed by atoms with Gasteiger partial charge in [-0.25, -0.2) is 13.1 Å². The highest BCUT2D eigenvalue weighted by Gasteiger charge is 2.34. The van der Waals surface area contributed by atoms with Gasteiger partial charge in [-0.15, -0.1) is 0 Å². The van der Waals surface area contributed by atoms with Crippen molar-refractivity contribution in [1.82, 2.24) is 4.72 Å². The summed E-state index contributed by atoms with van der Waals surface area (Å²) < 4.78 is 26.6. The molecule has 0 atom stereocenters. The van der Waals surface area contributed by atoms with E-state index in [4.69, 9.17) is 0 Å². The lowest BCUT2D eigenvalue weighted by Gasteiger charge is -2.31. The first-order valence-corrected chi connectivity index (χ1v) is 12.3. The van der Waals surface area contributed by atoms with Gasteiger partial charge in [-0.1, -0.05) is 0 Å². The Morgan fingerprint density at radius 3 is 2.10 bits per heavy atom. The molecular weight excluding hydrogens is 386 g/mol. The second-order valence-corrected chi connectivity index (χ2v) is 11.8. The molecular formula is C22H35N3O3S. The van der Waals surface area contributed by atoms with Gasteiger partial charge >= 0.3 is 0 Å². The number of carbonyl (C=O) groups excluding carboxylic acids is 1. The number of anilines is 2. The van der Waals surface area contributed by atoms with Crippen molar-refractivity contribution < 1.29 is 13.2 Å². The minimum absolute atomic E-state index is 0.0350. The van der Waals surface area contributed by atoms with Crippen LogP contribution in [0, 0.1) is 5.92 Å². The number of rotatable bonds is 5. The number of hydrogen-bond acceptors (Lipinski definition) is 4. The molecule has 1 aliphatic heterocycles. The quantitative estimate of drug-likeness (QED) is 0.756. The maximum absolute atomic E-state index is 12.6. The van der Waals surface area contributed by atoms with Crippen LogP contribution in [0.4, 0.5) is 11.4 Å². The van der Waals surface area contributed by atoms with Crippen molar-refractivity contribution in [2.24, 2.45) is 5.92 Å². The molecule has 1 heterocycles. The van der Waals surface area contributed by atoms with Crippen LogP contribution in [0.3, 0.4) is 0 Å². The van der Waals surface area contributed by atoms with Crippen LogP contribution in [0.15, 0.2) is 24.3 Å². The maximum atomic E-state index is 12.6. The van der Waals surface area contributed by atoms with E-state index in [1.807, 2.05) is 12.1 Å². The van der Waals surface area contributed by atoms with Crippen LogP contribution in [-0.4, -0.2) is 38.2 Å². The van der Waals surface area contributed by atoms with Crippen LogP contribution in [0.1, 0.15) is 65.7 Å². The number of benzene rings is 1. The van der Waals surface area contributed by atoms with E-state index in [2.05, 4.69) is 27.1 Å². The van der Waals surface area contributed by atoms with E-state index >= 15 is 0 Å². The van der Waals surface area contributed by atoms with Crippen LogP contribution < -0.4 is 14.9 Å². The molecule has 2 fully saturated rings. The Kier molecular flexibility index (Phi) is 6.89. The topological polar surface area (TPSA) is 78.5 Å². The molecule has 1 amide bonds. The highest BCUT2D eigenvalue weighted by Crippen LogP contribution is 2.28. The summed E-state index contributed by atoms with van der Waals surface area (Å²) >= 11 is 0. The summed E-state index contributed by atoms with van der Waals surface area (Å²) in [7, 11) is -3.35. The number of nitrogens with one attached hydrogen (secondary N) is 2. The van der Waals surface area contributed by atoms with Crippen LogP contribution in [0.2, 0.25) is 0 Å². The molecule has 2 N–H and O–H groups in total. The third-order valence-corrected chi connectivity index (χ3v) is 8.34. The number of hydrogen-bond donors (Lipinski definition) is 2. The lowest BCUT2D eigenvalue weighted by Crippen LogP contribution is -2.46. The summed E-state index contributed by atoms with van der Waals surface area (Å²) in [4.78, 5) is 15.0. The Balaban J connectivity index is 1.48. The molecule has 162 valence electrons. The Morgan fingerprint density at radius 1 is 0.966 bits per heavy atom. The van der Waals surface area contributed by atoms with Gasteiger partial charge in [0.25, 0.3) is 0 Å². The molecule has 1 aromatic carbocycles. The predicted octanol–water partition coefficient (Wildman–Crippen LogP) is 3.89. The molecule has 29 heavy (non-hydrogen) atoms. The predicted molar refractivity (Wildman–Crippen MR) is 119 cm³/mol. The van der Waals surface area contributed by atoms with Crippen molar-refractivity contribution in [2.75, 3.05) is 23.3 Å². The molecule has 2 aliphatic rings. The van der Waals surface area contributed by atoms with Crippen LogP contribution >= 0.6 is 0 Å². The Hall–Kier alpha value is -1.60. The van der Waals surface area contributed by atoms with Crippen molar-refractivity contribution in [2.45, 2.75) is 76.5 Å². The lowest BCUT2D eigenvalue weighted by atomic mass is 9.86. The van der Waals surface area contributed by atoms with Gasteiger partial charge in [0, 0.05) is 36.4 Å². The van der Waals surface area contributed by atoms with Gasteiger partial charge in [0.05, 0.1) is 4.75 Å². The second-order valence-electron chi connectivity index (χ2n) is 9.37. The van der Waals surface area contributed by atoms with E-state index in [0.29, 0.717) is 25.7 Å². The van der Waals surface area contributed by atoms with Crippen molar-refractivity contribution in [3.63, 3.8) is 0 Å². The van der Waals surface area contributed by atoms with Crippen molar-refractivity contribution in [3.05, 3.63) is 24.3 Å². The maximum Gasteiger partial charge on any atom is 0.227 e. The molecule has 3 rings (SSSR count). The Labute approximate surface area is 175 Å². The molecule has 6 nitrogen and oxygen atoms in total. The van der Waals surface area contributed by atoms with Gasteiger partial charge in [-0.2, -0.15) is 0 Å². The van der Waals surface area contributed by atoms with E-state index in [1.165, 1.54) is 24.9 Å². The third kappa shape index (κ3) is 5.72. The van der Waals surface area contributed by atoms with Crippen LogP contribution in [0.5, 0.6) is 0 Å². The van der Waals surface area contributed by atoms with Gasteiger partial charge in [0.1, 0.15) is 0 Å². The van der Waals surface area contributed by atoms with E-state index < -0.39 is 14.8 Å². The number of carbonyl (C=O) groups is 1. The van der Waals surface area contributed by atoms with Crippen molar-refractivity contribution in [3.8, 4) is 0 Å². The average molecular weight is 422 g/mol. The molecule has 1 aromatic rings. The molecule has 1 saturated heterocycles. The third-order valence-electron chi connectivity index (χ3n) is 6.08. The fourth-order valence-electron chi connectivity index (χ4n) is 4.02. The summed E-state index contributed by atoms with van der Waals surface area (Å²) in [6.07, 6.45) is 6.59. The molecule has 0 spiro atoms. The second kappa shape index (κ2) is 9.04. The van der Waals surface area contributed by atoms with Crippen molar-refractivity contribution in [1.29, 1.82) is 0 Å². The standard InChI is InChI=1S/C22H35N3O3S/c1-22(2,3)29(27,28)24-19-9-7-17(8-10-19)21(26)23-18-11-13-20(14-12-18)25-15-5-4-6-16-25/h11-14,17,19,24H,4-10,15-16H2,1-3H3,(H,23,26). The number of sulfonamides is 1. The number of piperidine rings is 1. The number of nitrogens with zero attached hydrogens (tertiary/aromatic N) is 1. The van der Waals surface area contributed by atoms with Gasteiger partial charge in [-0.3, -0.25) is 4.79 Å². The summed E-state index contributed by atoms with van der Waals surface area (Å²) in [5.74, 6) is -0.0278. The molecule has 1 saturated carbocycles. The normalized spacial score (nSPS) is 23.6. The first-order chi connectivity index (χ1) is 13.7. The first kappa shape index (κ1) is 22.1. The SMILES string of the molecule is CC(C)(C)S(=O)(=O)NC1CCC(C(=O)Nc2ccc(N3CCCCC3)cc2)CC1. The zero-order chi connectivity index (χ0) is 21.1. The van der Waals surface area contributed by atoms with Gasteiger partial charge in [-0.05, 0) is 90.0 Å². The fraction of sp³-hybridized carbons (Fsp3) is 0.682. The monoisotopic (exact) mass is 421 g/mol. The van der Waals surface area contributed by atoms with Crippen LogP contribution in [-0.2, 0) is 14.8 Å². The molecule has 1 aliphatic carbocycles. The average Bonchev–Trinajstić information content (AvgIpc) is 2.68. The summed E-state index contributed by atoms with van der Waals surface area (Å²) in [6.45, 7) is 7.31. The highest BCUT2D eigenvalue weighted by molar-refractivity contribution is 7.90. The molecule has 7 heteroatoms. The summed E-state index contributed by atoms with van der Waals surface area (Å²) in [5, 5.41) is 3.03. The molecule has 0 aromatic heterocycles. The fourth-order valence-corrected chi connectivity index (χ4v) is 5.05. The van der Waals surface area contributed by atoms with Crippen molar-refractivity contribution >= 4 is 27.3 Å². The van der Waals surface area contributed by atoms with Crippen LogP contribution in [0.25, 0.3) is 0 Å². The molecule has 0 unspecified atom stereocenters. The van der Waals surface area contributed by atoms with Gasteiger partial charge in [0.15, 0.2) is 0 Å². The molecule has 0 bridgehead atoms. The van der Waals surface area contributed by atoms with E-state index in [1.54, 1.807) is 20.8 Å². The molecule has 0 radical (unpaired) electrons. The van der Waals surface area contributed by atoms with E-state index in [0.717, 1.165) is 18.8 Å². The first-order valence-electron chi connectivity index (χ1n) is 10.8. The smallest absolute Gasteiger partial charge is 0.227 e. The van der Waals surface area contributed by atoms with E-state index in [9.17, 15) is 13.2 Å². The van der Waals surface area contributed by atoms with E-state index in [-0.39, 0.29) is 17.9 Å². The zero-order valence-electron chi connectivity index (χ0n) is 17.9.